The van der Waals surface area contributed by atoms with E-state index >= 15 is 0 Å². The van der Waals surface area contributed by atoms with E-state index in [4.69, 9.17) is 0 Å². The minimum atomic E-state index is -0.361. The second kappa shape index (κ2) is 6.83. The molecule has 5 heteroatoms. The van der Waals surface area contributed by atoms with Gasteiger partial charge in [0.2, 0.25) is 5.91 Å². The van der Waals surface area contributed by atoms with Crippen LogP contribution in [0.3, 0.4) is 0 Å². The molecule has 1 aromatic carbocycles. The molecule has 0 radical (unpaired) electrons. The molecule has 1 heterocycles. The first-order valence-corrected chi connectivity index (χ1v) is 6.75. The van der Waals surface area contributed by atoms with Crippen molar-refractivity contribution in [1.29, 1.82) is 0 Å². The number of halogens is 1. The highest BCUT2D eigenvalue weighted by Gasteiger charge is 2.11. The molecule has 0 spiro atoms. The molecule has 0 aliphatic carbocycles. The van der Waals surface area contributed by atoms with E-state index in [9.17, 15) is 9.18 Å². The Hall–Kier alpha value is -2.43. The maximum atomic E-state index is 13.2. The van der Waals surface area contributed by atoms with Gasteiger partial charge in [-0.1, -0.05) is 18.2 Å². The van der Waals surface area contributed by atoms with Crippen molar-refractivity contribution in [3.05, 3.63) is 59.7 Å². The number of amides is 1. The first-order valence-electron chi connectivity index (χ1n) is 6.75. The second-order valence-electron chi connectivity index (χ2n) is 4.81. The topological polar surface area (TPSA) is 54.0 Å². The summed E-state index contributed by atoms with van der Waals surface area (Å²) in [6.07, 6.45) is 3.10. The number of anilines is 1. The maximum Gasteiger partial charge on any atom is 0.224 e. The van der Waals surface area contributed by atoms with Crippen LogP contribution in [0, 0.1) is 5.82 Å². The normalized spacial score (nSPS) is 11.8. The first kappa shape index (κ1) is 15.0. The van der Waals surface area contributed by atoms with E-state index in [1.54, 1.807) is 13.2 Å². The number of para-hydroxylation sites is 1. The number of benzene rings is 1. The zero-order valence-corrected chi connectivity index (χ0v) is 12.1. The number of aromatic nitrogens is 1. The van der Waals surface area contributed by atoms with Crippen molar-refractivity contribution in [3.8, 4) is 0 Å². The van der Waals surface area contributed by atoms with E-state index in [0.717, 1.165) is 16.8 Å². The molecule has 2 aromatic rings. The van der Waals surface area contributed by atoms with E-state index in [1.807, 2.05) is 31.2 Å². The third kappa shape index (κ3) is 4.02. The van der Waals surface area contributed by atoms with Gasteiger partial charge < -0.3 is 10.6 Å². The average molecular weight is 287 g/mol. The highest BCUT2D eigenvalue weighted by atomic mass is 19.1. The third-order valence-corrected chi connectivity index (χ3v) is 3.25. The maximum absolute atomic E-state index is 13.2. The molecule has 2 rings (SSSR count). The zero-order valence-electron chi connectivity index (χ0n) is 12.1. The SMILES string of the molecule is CNC(=O)Cc1ccccc1NC(C)c1cncc(F)c1. The molecule has 0 aliphatic rings. The lowest BCUT2D eigenvalue weighted by atomic mass is 10.1. The van der Waals surface area contributed by atoms with Crippen LogP contribution in [0.25, 0.3) is 0 Å². The first-order chi connectivity index (χ1) is 10.1. The van der Waals surface area contributed by atoms with Gasteiger partial charge >= 0.3 is 0 Å². The van der Waals surface area contributed by atoms with E-state index in [-0.39, 0.29) is 17.8 Å². The second-order valence-corrected chi connectivity index (χ2v) is 4.81. The summed E-state index contributed by atoms with van der Waals surface area (Å²) in [6.45, 7) is 1.92. The van der Waals surface area contributed by atoms with Crippen LogP contribution in [0.1, 0.15) is 24.1 Å². The van der Waals surface area contributed by atoms with Gasteiger partial charge in [0.1, 0.15) is 5.82 Å². The van der Waals surface area contributed by atoms with E-state index in [1.165, 1.54) is 12.3 Å². The summed E-state index contributed by atoms with van der Waals surface area (Å²) in [4.78, 5) is 15.4. The lowest BCUT2D eigenvalue weighted by Crippen LogP contribution is -2.21. The van der Waals surface area contributed by atoms with Crippen LogP contribution in [-0.2, 0) is 11.2 Å². The number of hydrogen-bond acceptors (Lipinski definition) is 3. The van der Waals surface area contributed by atoms with Gasteiger partial charge in [-0.15, -0.1) is 0 Å². The Kier molecular flexibility index (Phi) is 4.87. The van der Waals surface area contributed by atoms with Crippen LogP contribution in [0.5, 0.6) is 0 Å². The van der Waals surface area contributed by atoms with E-state index in [2.05, 4.69) is 15.6 Å². The van der Waals surface area contributed by atoms with E-state index < -0.39 is 0 Å². The monoisotopic (exact) mass is 287 g/mol. The Bertz CT molecular complexity index is 630. The average Bonchev–Trinajstić information content (AvgIpc) is 2.49. The summed E-state index contributed by atoms with van der Waals surface area (Å²) in [6, 6.07) is 8.92. The van der Waals surface area contributed by atoms with Gasteiger partial charge in [-0.3, -0.25) is 9.78 Å². The lowest BCUT2D eigenvalue weighted by molar-refractivity contribution is -0.119. The van der Waals surface area contributed by atoms with Crippen molar-refractivity contribution >= 4 is 11.6 Å². The molecule has 0 saturated heterocycles. The van der Waals surface area contributed by atoms with Gasteiger partial charge in [0.25, 0.3) is 0 Å². The minimum absolute atomic E-state index is 0.0516. The number of nitrogens with zero attached hydrogens (tertiary/aromatic N) is 1. The van der Waals surface area contributed by atoms with Crippen molar-refractivity contribution in [1.82, 2.24) is 10.3 Å². The van der Waals surface area contributed by atoms with Gasteiger partial charge in [-0.05, 0) is 30.2 Å². The molecule has 1 amide bonds. The molecule has 110 valence electrons. The van der Waals surface area contributed by atoms with Gasteiger partial charge in [0.15, 0.2) is 0 Å². The molecule has 0 fully saturated rings. The van der Waals surface area contributed by atoms with Crippen LogP contribution in [0.2, 0.25) is 0 Å². The highest BCUT2D eigenvalue weighted by Crippen LogP contribution is 2.22. The summed E-state index contributed by atoms with van der Waals surface area (Å²) in [5.74, 6) is -0.413. The summed E-state index contributed by atoms with van der Waals surface area (Å²) < 4.78 is 13.2. The van der Waals surface area contributed by atoms with Crippen LogP contribution in [0.15, 0.2) is 42.7 Å². The van der Waals surface area contributed by atoms with E-state index in [0.29, 0.717) is 6.42 Å². The molecule has 4 nitrogen and oxygen atoms in total. The van der Waals surface area contributed by atoms with Gasteiger partial charge in [0, 0.05) is 18.9 Å². The van der Waals surface area contributed by atoms with Gasteiger partial charge in [-0.2, -0.15) is 0 Å². The quantitative estimate of drug-likeness (QED) is 0.889. The summed E-state index contributed by atoms with van der Waals surface area (Å²) in [5, 5.41) is 5.90. The standard InChI is InChI=1S/C16H18FN3O/c1-11(13-7-14(17)10-19-9-13)20-15-6-4-3-5-12(15)8-16(21)18-2/h3-7,9-11,20H,8H2,1-2H3,(H,18,21). The molecule has 0 saturated carbocycles. The minimum Gasteiger partial charge on any atom is -0.378 e. The number of carbonyl (C=O) groups is 1. The smallest absolute Gasteiger partial charge is 0.224 e. The fourth-order valence-electron chi connectivity index (χ4n) is 2.06. The fraction of sp³-hybridized carbons (Fsp3) is 0.250. The van der Waals surface area contributed by atoms with Crippen LogP contribution < -0.4 is 10.6 Å². The molecule has 21 heavy (non-hydrogen) atoms. The number of nitrogens with one attached hydrogen (secondary N) is 2. The Labute approximate surface area is 123 Å². The fourth-order valence-corrected chi connectivity index (χ4v) is 2.06. The van der Waals surface area contributed by atoms with Crippen molar-refractivity contribution in [3.63, 3.8) is 0 Å². The summed E-state index contributed by atoms with van der Waals surface area (Å²) in [7, 11) is 1.61. The van der Waals surface area contributed by atoms with Crippen LogP contribution in [0.4, 0.5) is 10.1 Å². The largest absolute Gasteiger partial charge is 0.378 e. The number of likely N-dealkylation sites (N-methyl/N-ethyl adjacent to an activating group) is 1. The molecule has 0 aliphatic heterocycles. The van der Waals surface area contributed by atoms with Crippen molar-refractivity contribution in [2.24, 2.45) is 0 Å². The van der Waals surface area contributed by atoms with Crippen molar-refractivity contribution in [2.45, 2.75) is 19.4 Å². The molecule has 2 N–H and O–H groups in total. The summed E-state index contributed by atoms with van der Waals surface area (Å²) in [5.41, 5.74) is 2.51. The number of pyridine rings is 1. The van der Waals surface area contributed by atoms with Crippen molar-refractivity contribution < 1.29 is 9.18 Å². The molecular weight excluding hydrogens is 269 g/mol. The Morgan fingerprint density at radius 3 is 2.81 bits per heavy atom. The molecule has 1 unspecified atom stereocenters. The number of hydrogen-bond donors (Lipinski definition) is 2. The third-order valence-electron chi connectivity index (χ3n) is 3.25. The van der Waals surface area contributed by atoms with Crippen LogP contribution in [-0.4, -0.2) is 17.9 Å². The predicted octanol–water partition coefficient (Wildman–Crippen LogP) is 2.68. The lowest BCUT2D eigenvalue weighted by Gasteiger charge is -2.18. The molecule has 1 aromatic heterocycles. The van der Waals surface area contributed by atoms with Gasteiger partial charge in [-0.25, -0.2) is 4.39 Å². The Morgan fingerprint density at radius 1 is 1.33 bits per heavy atom. The van der Waals surface area contributed by atoms with Gasteiger partial charge in [0.05, 0.1) is 18.7 Å². The van der Waals surface area contributed by atoms with Crippen molar-refractivity contribution in [2.75, 3.05) is 12.4 Å². The van der Waals surface area contributed by atoms with Crippen LogP contribution >= 0.6 is 0 Å². The molecule has 1 atom stereocenters. The summed E-state index contributed by atoms with van der Waals surface area (Å²) >= 11 is 0. The highest BCUT2D eigenvalue weighted by molar-refractivity contribution is 5.80. The predicted molar refractivity (Wildman–Crippen MR) is 80.4 cm³/mol. The molecule has 0 bridgehead atoms. The Morgan fingerprint density at radius 2 is 2.10 bits per heavy atom. The number of rotatable bonds is 5. The number of carbonyl (C=O) groups excluding carboxylic acids is 1. The molecular formula is C16H18FN3O. The zero-order chi connectivity index (χ0) is 15.2. The Balaban J connectivity index is 2.17.